The Morgan fingerprint density at radius 2 is 1.96 bits per heavy atom. The largest absolute Gasteiger partial charge is 0.472 e. The summed E-state index contributed by atoms with van der Waals surface area (Å²) >= 11 is 1.45. The van der Waals surface area contributed by atoms with Gasteiger partial charge in [-0.3, -0.25) is 4.79 Å². The Bertz CT molecular complexity index is 1050. The third-order valence-corrected chi connectivity index (χ3v) is 4.66. The van der Waals surface area contributed by atoms with Crippen LogP contribution in [0.15, 0.2) is 52.1 Å². The molecule has 0 atom stereocenters. The monoisotopic (exact) mass is 326 g/mol. The Labute approximate surface area is 134 Å². The maximum Gasteiger partial charge on any atom is 0.260 e. The van der Waals surface area contributed by atoms with Crippen LogP contribution in [-0.2, 0) is 0 Å². The van der Waals surface area contributed by atoms with Crippen molar-refractivity contribution in [1.29, 1.82) is 0 Å². The van der Waals surface area contributed by atoms with Gasteiger partial charge < -0.3 is 9.40 Å². The second-order valence-electron chi connectivity index (χ2n) is 5.15. The molecule has 0 aliphatic carbocycles. The normalized spacial score (nSPS) is 11.2. The lowest BCUT2D eigenvalue weighted by Crippen LogP contribution is -2.08. The van der Waals surface area contributed by atoms with Crippen LogP contribution in [0.25, 0.3) is 32.7 Å². The van der Waals surface area contributed by atoms with E-state index in [1.165, 1.54) is 36.0 Å². The Morgan fingerprint density at radius 3 is 2.65 bits per heavy atom. The fourth-order valence-electron chi connectivity index (χ4n) is 2.62. The second-order valence-corrected chi connectivity index (χ2v) is 6.35. The van der Waals surface area contributed by atoms with Crippen LogP contribution < -0.4 is 5.56 Å². The van der Waals surface area contributed by atoms with Gasteiger partial charge in [0.25, 0.3) is 5.56 Å². The summed E-state index contributed by atoms with van der Waals surface area (Å²) in [4.78, 5) is 21.5. The average Bonchev–Trinajstić information content (AvgIpc) is 3.15. The van der Waals surface area contributed by atoms with E-state index in [9.17, 15) is 9.18 Å². The molecule has 4 nitrogen and oxygen atoms in total. The average molecular weight is 326 g/mol. The minimum absolute atomic E-state index is 0.213. The molecule has 0 amide bonds. The molecule has 4 rings (SSSR count). The summed E-state index contributed by atoms with van der Waals surface area (Å²) < 4.78 is 18.2. The van der Waals surface area contributed by atoms with Crippen LogP contribution in [-0.4, -0.2) is 9.97 Å². The van der Waals surface area contributed by atoms with Gasteiger partial charge in [-0.05, 0) is 30.7 Å². The van der Waals surface area contributed by atoms with Gasteiger partial charge in [-0.25, -0.2) is 9.37 Å². The van der Waals surface area contributed by atoms with E-state index in [1.54, 1.807) is 18.2 Å². The van der Waals surface area contributed by atoms with E-state index in [4.69, 9.17) is 4.42 Å². The number of hydrogen-bond acceptors (Lipinski definition) is 4. The molecule has 0 saturated carbocycles. The van der Waals surface area contributed by atoms with Crippen molar-refractivity contribution in [3.63, 3.8) is 0 Å². The summed E-state index contributed by atoms with van der Waals surface area (Å²) in [5, 5.41) is 0.534. The first kappa shape index (κ1) is 13.9. The number of halogens is 1. The number of nitrogens with one attached hydrogen (secondary N) is 1. The molecule has 0 spiro atoms. The molecule has 4 aromatic rings. The first-order valence-electron chi connectivity index (χ1n) is 6.95. The highest BCUT2D eigenvalue weighted by Crippen LogP contribution is 2.36. The summed E-state index contributed by atoms with van der Waals surface area (Å²) in [6, 6.07) is 7.87. The van der Waals surface area contributed by atoms with Gasteiger partial charge in [-0.1, -0.05) is 12.1 Å². The minimum Gasteiger partial charge on any atom is -0.472 e. The van der Waals surface area contributed by atoms with Crippen molar-refractivity contribution in [3.8, 4) is 22.5 Å². The van der Waals surface area contributed by atoms with Crippen LogP contribution in [0.3, 0.4) is 0 Å². The van der Waals surface area contributed by atoms with Crippen LogP contribution in [0.5, 0.6) is 0 Å². The van der Waals surface area contributed by atoms with Gasteiger partial charge in [0.2, 0.25) is 0 Å². The molecular formula is C17H11FN2O2S. The molecule has 114 valence electrons. The van der Waals surface area contributed by atoms with E-state index >= 15 is 0 Å². The first-order chi connectivity index (χ1) is 11.1. The maximum absolute atomic E-state index is 13.1. The van der Waals surface area contributed by atoms with Crippen LogP contribution in [0.1, 0.15) is 4.88 Å². The van der Waals surface area contributed by atoms with Gasteiger partial charge in [0.15, 0.2) is 0 Å². The topological polar surface area (TPSA) is 58.9 Å². The number of rotatable bonds is 2. The molecule has 23 heavy (non-hydrogen) atoms. The number of aromatic amines is 1. The lowest BCUT2D eigenvalue weighted by molar-refractivity contribution is 0.568. The number of aryl methyl sites for hydroxylation is 1. The van der Waals surface area contributed by atoms with E-state index in [2.05, 4.69) is 9.97 Å². The lowest BCUT2D eigenvalue weighted by atomic mass is 10.0. The molecule has 3 heterocycles. The Morgan fingerprint density at radius 1 is 1.17 bits per heavy atom. The number of hydrogen-bond donors (Lipinski definition) is 1. The first-order valence-corrected chi connectivity index (χ1v) is 7.77. The SMILES string of the molecule is Cc1sc2nc(-c3ccoc3)[nH]c(=O)c2c1-c1ccc(F)cc1. The van der Waals surface area contributed by atoms with E-state index < -0.39 is 0 Å². The Hall–Kier alpha value is -2.73. The molecule has 0 unspecified atom stereocenters. The molecule has 1 aromatic carbocycles. The highest BCUT2D eigenvalue weighted by Gasteiger charge is 2.17. The molecule has 0 aliphatic heterocycles. The summed E-state index contributed by atoms with van der Waals surface area (Å²) in [6.07, 6.45) is 3.06. The number of aromatic nitrogens is 2. The number of H-pyrrole nitrogens is 1. The van der Waals surface area contributed by atoms with Gasteiger partial charge >= 0.3 is 0 Å². The van der Waals surface area contributed by atoms with Crippen molar-refractivity contribution in [3.05, 3.63) is 63.9 Å². The van der Waals surface area contributed by atoms with Crippen LogP contribution >= 0.6 is 11.3 Å². The molecule has 3 aromatic heterocycles. The number of thiophene rings is 1. The van der Waals surface area contributed by atoms with Gasteiger partial charge in [0.1, 0.15) is 22.7 Å². The number of benzene rings is 1. The molecule has 1 N–H and O–H groups in total. The third-order valence-electron chi connectivity index (χ3n) is 3.67. The molecule has 0 fully saturated rings. The predicted molar refractivity (Wildman–Crippen MR) is 88.1 cm³/mol. The standard InChI is InChI=1S/C17H11FN2O2S/c1-9-13(10-2-4-12(18)5-3-10)14-16(21)19-15(20-17(14)23-9)11-6-7-22-8-11/h2-8H,1H3,(H,19,20,21). The van der Waals surface area contributed by atoms with Crippen LogP contribution in [0.2, 0.25) is 0 Å². The van der Waals surface area contributed by atoms with Crippen molar-refractivity contribution in [1.82, 2.24) is 9.97 Å². The predicted octanol–water partition coefficient (Wildman–Crippen LogP) is 4.36. The summed E-state index contributed by atoms with van der Waals surface area (Å²) in [5.41, 5.74) is 2.12. The van der Waals surface area contributed by atoms with Crippen molar-refractivity contribution in [2.45, 2.75) is 6.92 Å². The number of furan rings is 1. The molecule has 0 saturated heterocycles. The molecular weight excluding hydrogens is 315 g/mol. The van der Waals surface area contributed by atoms with Gasteiger partial charge in [-0.15, -0.1) is 11.3 Å². The van der Waals surface area contributed by atoms with Gasteiger partial charge in [0.05, 0.1) is 17.2 Å². The van der Waals surface area contributed by atoms with E-state index in [1.807, 2.05) is 6.92 Å². The highest BCUT2D eigenvalue weighted by atomic mass is 32.1. The third kappa shape index (κ3) is 2.27. The van der Waals surface area contributed by atoms with E-state index in [-0.39, 0.29) is 11.4 Å². The fraction of sp³-hybridized carbons (Fsp3) is 0.0588. The summed E-state index contributed by atoms with van der Waals surface area (Å²) in [6.45, 7) is 1.93. The minimum atomic E-state index is -0.305. The van der Waals surface area contributed by atoms with Crippen LogP contribution in [0, 0.1) is 12.7 Å². The lowest BCUT2D eigenvalue weighted by Gasteiger charge is -2.02. The Kier molecular flexibility index (Phi) is 3.12. The van der Waals surface area contributed by atoms with Crippen molar-refractivity contribution in [2.75, 3.05) is 0 Å². The zero-order valence-electron chi connectivity index (χ0n) is 12.1. The van der Waals surface area contributed by atoms with Crippen molar-refractivity contribution < 1.29 is 8.81 Å². The zero-order chi connectivity index (χ0) is 16.0. The van der Waals surface area contributed by atoms with E-state index in [0.717, 1.165) is 21.6 Å². The zero-order valence-corrected chi connectivity index (χ0v) is 12.9. The molecule has 0 bridgehead atoms. The van der Waals surface area contributed by atoms with Gasteiger partial charge in [-0.2, -0.15) is 0 Å². The fourth-order valence-corrected chi connectivity index (χ4v) is 3.66. The maximum atomic E-state index is 13.1. The molecule has 0 aliphatic rings. The second kappa shape index (κ2) is 5.17. The highest BCUT2D eigenvalue weighted by molar-refractivity contribution is 7.19. The van der Waals surface area contributed by atoms with Crippen molar-refractivity contribution >= 4 is 21.6 Å². The van der Waals surface area contributed by atoms with Crippen molar-refractivity contribution in [2.24, 2.45) is 0 Å². The number of nitrogens with zero attached hydrogens (tertiary/aromatic N) is 1. The molecule has 0 radical (unpaired) electrons. The van der Waals surface area contributed by atoms with E-state index in [0.29, 0.717) is 16.0 Å². The summed E-state index contributed by atoms with van der Waals surface area (Å²) in [7, 11) is 0. The van der Waals surface area contributed by atoms with Gasteiger partial charge in [0, 0.05) is 10.4 Å². The quantitative estimate of drug-likeness (QED) is 0.595. The number of fused-ring (bicyclic) bond motifs is 1. The molecule has 6 heteroatoms. The van der Waals surface area contributed by atoms with Crippen LogP contribution in [0.4, 0.5) is 4.39 Å². The Balaban J connectivity index is 1.98. The summed E-state index contributed by atoms with van der Waals surface area (Å²) in [5.74, 6) is 0.170. The smallest absolute Gasteiger partial charge is 0.260 e.